The van der Waals surface area contributed by atoms with Crippen molar-refractivity contribution in [1.82, 2.24) is 15.5 Å². The number of carbonyl (C=O) groups is 1. The van der Waals surface area contributed by atoms with E-state index in [0.717, 1.165) is 11.1 Å². The molecule has 0 radical (unpaired) electrons. The predicted octanol–water partition coefficient (Wildman–Crippen LogP) is 3.09. The molecule has 122 valence electrons. The average molecular weight is 344 g/mol. The SMILES string of the molecule is O=C(COc1ccc(-c2nnco2)cc1)NCc1ccccc1Cl. The van der Waals surface area contributed by atoms with Crippen molar-refractivity contribution in [3.05, 3.63) is 65.5 Å². The summed E-state index contributed by atoms with van der Waals surface area (Å²) in [5.74, 6) is 0.779. The molecule has 2 aromatic carbocycles. The van der Waals surface area contributed by atoms with Crippen LogP contribution in [0.3, 0.4) is 0 Å². The minimum Gasteiger partial charge on any atom is -0.484 e. The van der Waals surface area contributed by atoms with Crippen LogP contribution in [0.1, 0.15) is 5.56 Å². The Kier molecular flexibility index (Phi) is 5.08. The number of nitrogens with zero attached hydrogens (tertiary/aromatic N) is 2. The monoisotopic (exact) mass is 343 g/mol. The molecule has 0 saturated heterocycles. The minimum absolute atomic E-state index is 0.0790. The van der Waals surface area contributed by atoms with Crippen LogP contribution in [0.25, 0.3) is 11.5 Å². The van der Waals surface area contributed by atoms with Crippen LogP contribution in [0.2, 0.25) is 5.02 Å². The van der Waals surface area contributed by atoms with Gasteiger partial charge in [0.15, 0.2) is 6.61 Å². The molecule has 0 spiro atoms. The molecular formula is C17H14ClN3O3. The summed E-state index contributed by atoms with van der Waals surface area (Å²) in [6.45, 7) is 0.280. The van der Waals surface area contributed by atoms with Crippen LogP contribution < -0.4 is 10.1 Å². The summed E-state index contributed by atoms with van der Waals surface area (Å²) < 4.78 is 10.6. The third-order valence-electron chi connectivity index (χ3n) is 3.27. The fraction of sp³-hybridized carbons (Fsp3) is 0.118. The lowest BCUT2D eigenvalue weighted by Crippen LogP contribution is -2.28. The smallest absolute Gasteiger partial charge is 0.258 e. The Morgan fingerprint density at radius 2 is 1.96 bits per heavy atom. The first-order valence-electron chi connectivity index (χ1n) is 7.22. The second-order valence-corrected chi connectivity index (χ2v) is 5.33. The van der Waals surface area contributed by atoms with E-state index in [1.165, 1.54) is 6.39 Å². The lowest BCUT2D eigenvalue weighted by Gasteiger charge is -2.08. The first kappa shape index (κ1) is 16.0. The quantitative estimate of drug-likeness (QED) is 0.744. The molecule has 0 fully saturated rings. The number of hydrogen-bond acceptors (Lipinski definition) is 5. The van der Waals surface area contributed by atoms with Gasteiger partial charge in [-0.05, 0) is 35.9 Å². The maximum absolute atomic E-state index is 11.8. The molecule has 24 heavy (non-hydrogen) atoms. The third kappa shape index (κ3) is 4.11. The fourth-order valence-corrected chi connectivity index (χ4v) is 2.23. The molecule has 1 N–H and O–H groups in total. The molecule has 1 aromatic heterocycles. The highest BCUT2D eigenvalue weighted by Crippen LogP contribution is 2.20. The third-order valence-corrected chi connectivity index (χ3v) is 3.63. The van der Waals surface area contributed by atoms with Gasteiger partial charge in [-0.3, -0.25) is 4.79 Å². The Labute approximate surface area is 143 Å². The van der Waals surface area contributed by atoms with Crippen molar-refractivity contribution in [2.75, 3.05) is 6.61 Å². The van der Waals surface area contributed by atoms with Crippen LogP contribution in [-0.4, -0.2) is 22.7 Å². The van der Waals surface area contributed by atoms with Crippen molar-refractivity contribution in [3.8, 4) is 17.2 Å². The van der Waals surface area contributed by atoms with Crippen LogP contribution in [0.15, 0.2) is 59.3 Å². The molecule has 0 saturated carbocycles. The van der Waals surface area contributed by atoms with E-state index < -0.39 is 0 Å². The van der Waals surface area contributed by atoms with Crippen molar-refractivity contribution >= 4 is 17.5 Å². The van der Waals surface area contributed by atoms with Crippen molar-refractivity contribution in [2.24, 2.45) is 0 Å². The first-order valence-corrected chi connectivity index (χ1v) is 7.59. The number of amides is 1. The standard InChI is InChI=1S/C17H14ClN3O3/c18-15-4-2-1-3-13(15)9-19-16(22)10-23-14-7-5-12(6-8-14)17-21-20-11-24-17/h1-8,11H,9-10H2,(H,19,22). The Bertz CT molecular complexity index is 804. The zero-order valence-corrected chi connectivity index (χ0v) is 13.4. The Hall–Kier alpha value is -2.86. The molecule has 0 unspecified atom stereocenters. The van der Waals surface area contributed by atoms with Gasteiger partial charge in [0.25, 0.3) is 5.91 Å². The van der Waals surface area contributed by atoms with Crippen LogP contribution in [0.5, 0.6) is 5.75 Å². The predicted molar refractivity (Wildman–Crippen MR) is 88.5 cm³/mol. The molecule has 0 aliphatic heterocycles. The van der Waals surface area contributed by atoms with E-state index in [2.05, 4.69) is 15.5 Å². The van der Waals surface area contributed by atoms with Gasteiger partial charge in [0.2, 0.25) is 12.3 Å². The summed E-state index contributed by atoms with van der Waals surface area (Å²) in [7, 11) is 0. The number of ether oxygens (including phenoxy) is 1. The zero-order chi connectivity index (χ0) is 16.8. The number of benzene rings is 2. The maximum atomic E-state index is 11.8. The molecule has 6 nitrogen and oxygen atoms in total. The van der Waals surface area contributed by atoms with E-state index in [-0.39, 0.29) is 12.5 Å². The number of nitrogens with one attached hydrogen (secondary N) is 1. The van der Waals surface area contributed by atoms with Gasteiger partial charge >= 0.3 is 0 Å². The van der Waals surface area contributed by atoms with Gasteiger partial charge in [0, 0.05) is 17.1 Å². The second-order valence-electron chi connectivity index (χ2n) is 4.93. The van der Waals surface area contributed by atoms with Crippen LogP contribution >= 0.6 is 11.6 Å². The minimum atomic E-state index is -0.226. The Balaban J connectivity index is 1.48. The summed E-state index contributed by atoms with van der Waals surface area (Å²) >= 11 is 6.04. The first-order chi connectivity index (χ1) is 11.7. The number of rotatable bonds is 6. The lowest BCUT2D eigenvalue weighted by molar-refractivity contribution is -0.123. The molecular weight excluding hydrogens is 330 g/mol. The number of aromatic nitrogens is 2. The van der Waals surface area contributed by atoms with E-state index >= 15 is 0 Å². The molecule has 7 heteroatoms. The van der Waals surface area contributed by atoms with E-state index in [1.807, 2.05) is 18.2 Å². The van der Waals surface area contributed by atoms with Crippen LogP contribution in [0, 0.1) is 0 Å². The molecule has 3 aromatic rings. The van der Waals surface area contributed by atoms with E-state index in [9.17, 15) is 4.79 Å². The van der Waals surface area contributed by atoms with Gasteiger partial charge in [-0.25, -0.2) is 0 Å². The fourth-order valence-electron chi connectivity index (χ4n) is 2.03. The van der Waals surface area contributed by atoms with Crippen LogP contribution in [-0.2, 0) is 11.3 Å². The van der Waals surface area contributed by atoms with Gasteiger partial charge in [0.05, 0.1) is 0 Å². The summed E-state index contributed by atoms with van der Waals surface area (Å²) in [5, 5.41) is 10.8. The van der Waals surface area contributed by atoms with Crippen LogP contribution in [0.4, 0.5) is 0 Å². The van der Waals surface area contributed by atoms with Crippen molar-refractivity contribution in [2.45, 2.75) is 6.54 Å². The summed E-state index contributed by atoms with van der Waals surface area (Å²) in [6.07, 6.45) is 1.27. The highest BCUT2D eigenvalue weighted by atomic mass is 35.5. The molecule has 0 atom stereocenters. The van der Waals surface area contributed by atoms with Crippen molar-refractivity contribution in [3.63, 3.8) is 0 Å². The van der Waals surface area contributed by atoms with Gasteiger partial charge in [-0.1, -0.05) is 29.8 Å². The van der Waals surface area contributed by atoms with E-state index in [4.69, 9.17) is 20.8 Å². The Morgan fingerprint density at radius 3 is 2.67 bits per heavy atom. The van der Waals surface area contributed by atoms with Crippen molar-refractivity contribution < 1.29 is 13.9 Å². The highest BCUT2D eigenvalue weighted by molar-refractivity contribution is 6.31. The van der Waals surface area contributed by atoms with Gasteiger partial charge in [-0.15, -0.1) is 10.2 Å². The van der Waals surface area contributed by atoms with E-state index in [0.29, 0.717) is 23.2 Å². The highest BCUT2D eigenvalue weighted by Gasteiger charge is 2.06. The molecule has 0 aliphatic carbocycles. The number of halogens is 1. The second kappa shape index (κ2) is 7.61. The average Bonchev–Trinajstić information content (AvgIpc) is 3.14. The summed E-state index contributed by atoms with van der Waals surface area (Å²) in [6, 6.07) is 14.4. The molecule has 1 amide bonds. The normalized spacial score (nSPS) is 10.4. The lowest BCUT2D eigenvalue weighted by atomic mass is 10.2. The van der Waals surface area contributed by atoms with Crippen molar-refractivity contribution in [1.29, 1.82) is 0 Å². The van der Waals surface area contributed by atoms with Gasteiger partial charge in [0.1, 0.15) is 5.75 Å². The molecule has 0 bridgehead atoms. The summed E-state index contributed by atoms with van der Waals surface area (Å²) in [4.78, 5) is 11.8. The number of hydrogen-bond donors (Lipinski definition) is 1. The van der Waals surface area contributed by atoms with Gasteiger partial charge in [-0.2, -0.15) is 0 Å². The largest absolute Gasteiger partial charge is 0.484 e. The topological polar surface area (TPSA) is 77.2 Å². The summed E-state index contributed by atoms with van der Waals surface area (Å²) in [5.41, 5.74) is 1.64. The van der Waals surface area contributed by atoms with E-state index in [1.54, 1.807) is 30.3 Å². The molecule has 0 aliphatic rings. The molecule has 1 heterocycles. The zero-order valence-electron chi connectivity index (χ0n) is 12.6. The van der Waals surface area contributed by atoms with Gasteiger partial charge < -0.3 is 14.5 Å². The maximum Gasteiger partial charge on any atom is 0.258 e. The Morgan fingerprint density at radius 1 is 1.17 bits per heavy atom. The molecule has 3 rings (SSSR count). The number of carbonyl (C=O) groups excluding carboxylic acids is 1.